The molecule has 10 nitrogen and oxygen atoms in total. The molecule has 0 N–H and O–H groups in total. The summed E-state index contributed by atoms with van der Waals surface area (Å²) < 4.78 is 8.12. The van der Waals surface area contributed by atoms with Crippen LogP contribution in [0.25, 0.3) is 0 Å². The van der Waals surface area contributed by atoms with Crippen molar-refractivity contribution in [3.05, 3.63) is 132 Å². The first-order chi connectivity index (χ1) is 19.5. The maximum atomic E-state index is 5.08. The van der Waals surface area contributed by atoms with Crippen molar-refractivity contribution in [2.75, 3.05) is 0 Å². The summed E-state index contributed by atoms with van der Waals surface area (Å²) in [5.41, 5.74) is 3.85. The molecule has 0 atom stereocenters. The summed E-state index contributed by atoms with van der Waals surface area (Å²) in [6.45, 7) is 0. The van der Waals surface area contributed by atoms with Gasteiger partial charge in [0.1, 0.15) is 35.1 Å². The zero-order valence-corrected chi connectivity index (χ0v) is 23.1. The Morgan fingerprint density at radius 1 is 0.500 bits per heavy atom. The van der Waals surface area contributed by atoms with Gasteiger partial charge in [0.25, 0.3) is 0 Å². The highest BCUT2D eigenvalue weighted by atomic mass is 15.1. The molecule has 0 fully saturated rings. The van der Waals surface area contributed by atoms with E-state index in [9.17, 15) is 0 Å². The molecule has 0 bridgehead atoms. The third kappa shape index (κ3) is 4.84. The number of rotatable bonds is 9. The number of aromatic nitrogens is 10. The fraction of sp³-hybridized carbons (Fsp3) is 0.267. The van der Waals surface area contributed by atoms with Crippen molar-refractivity contribution in [3.8, 4) is 0 Å². The van der Waals surface area contributed by atoms with E-state index in [4.69, 9.17) is 9.97 Å². The zero-order valence-electron chi connectivity index (χ0n) is 23.1. The predicted molar refractivity (Wildman–Crippen MR) is 151 cm³/mol. The van der Waals surface area contributed by atoms with Crippen LogP contribution in [-0.4, -0.2) is 48.2 Å². The van der Waals surface area contributed by atoms with Crippen LogP contribution in [-0.2, 0) is 41.0 Å². The lowest BCUT2D eigenvalue weighted by Crippen LogP contribution is -2.16. The van der Waals surface area contributed by atoms with E-state index < -0.39 is 0 Å². The first-order valence-electron chi connectivity index (χ1n) is 13.3. The maximum Gasteiger partial charge on any atom is 0.125 e. The quantitative estimate of drug-likeness (QED) is 0.283. The fourth-order valence-electron chi connectivity index (χ4n) is 5.23. The van der Waals surface area contributed by atoms with E-state index in [1.807, 2.05) is 96.0 Å². The Morgan fingerprint density at radius 2 is 0.825 bits per heavy atom. The van der Waals surface area contributed by atoms with Crippen molar-refractivity contribution in [2.24, 2.45) is 28.2 Å². The Bertz CT molecular complexity index is 1530. The Hall–Kier alpha value is -4.86. The molecule has 0 amide bonds. The molecule has 202 valence electrons. The largest absolute Gasteiger partial charge is 0.337 e. The van der Waals surface area contributed by atoms with Gasteiger partial charge in [0, 0.05) is 89.2 Å². The highest BCUT2D eigenvalue weighted by molar-refractivity contribution is 5.31. The molecule has 0 spiro atoms. The molecule has 0 radical (unpaired) electrons. The molecular formula is C30H32N10. The molecule has 0 aliphatic heterocycles. The van der Waals surface area contributed by atoms with Gasteiger partial charge >= 0.3 is 0 Å². The maximum absolute atomic E-state index is 5.08. The van der Waals surface area contributed by atoms with Crippen LogP contribution in [0.5, 0.6) is 0 Å². The van der Waals surface area contributed by atoms with Crippen LogP contribution in [0.15, 0.2) is 86.0 Å². The zero-order chi connectivity index (χ0) is 27.6. The smallest absolute Gasteiger partial charge is 0.125 e. The fourth-order valence-corrected chi connectivity index (χ4v) is 5.23. The summed E-state index contributed by atoms with van der Waals surface area (Å²) >= 11 is 0. The van der Waals surface area contributed by atoms with Crippen LogP contribution >= 0.6 is 0 Å². The molecule has 10 heteroatoms. The summed E-state index contributed by atoms with van der Waals surface area (Å²) in [5, 5.41) is 0. The molecule has 0 saturated carbocycles. The molecule has 6 rings (SSSR count). The van der Waals surface area contributed by atoms with Crippen molar-refractivity contribution >= 4 is 0 Å². The molecule has 0 saturated heterocycles. The van der Waals surface area contributed by atoms with E-state index in [1.54, 1.807) is 0 Å². The molecule has 6 aromatic rings. The first kappa shape index (κ1) is 25.4. The van der Waals surface area contributed by atoms with Gasteiger partial charge in [-0.15, -0.1) is 0 Å². The Balaban J connectivity index is 1.28. The Labute approximate surface area is 233 Å². The number of hydrogen-bond donors (Lipinski definition) is 0. The van der Waals surface area contributed by atoms with Crippen LogP contribution in [0.1, 0.15) is 57.9 Å². The second kappa shape index (κ2) is 10.7. The second-order valence-electron chi connectivity index (χ2n) is 10.1. The van der Waals surface area contributed by atoms with Gasteiger partial charge in [-0.3, -0.25) is 9.97 Å². The van der Waals surface area contributed by atoms with E-state index in [0.29, 0.717) is 0 Å². The van der Waals surface area contributed by atoms with Crippen LogP contribution < -0.4 is 0 Å². The standard InChI is InChI=1S/C30H32N10/c1-37-17-13-31-27(37)25(28-32-14-18-38(28)2)23-9-5-7-21(35-23)11-12-22-8-6-10-24(36-22)26(29-33-15-19-39(29)3)30-34-16-20-40(30)4/h5-10,13-20,25-26H,11-12H2,1-4H3. The Morgan fingerprint density at radius 3 is 1.10 bits per heavy atom. The average Bonchev–Trinajstić information content (AvgIpc) is 3.77. The molecular weight excluding hydrogens is 500 g/mol. The van der Waals surface area contributed by atoms with Gasteiger partial charge in [-0.1, -0.05) is 12.1 Å². The number of pyridine rings is 2. The van der Waals surface area contributed by atoms with Crippen LogP contribution in [0, 0.1) is 0 Å². The third-order valence-corrected chi connectivity index (χ3v) is 7.35. The Kier molecular flexibility index (Phi) is 6.81. The summed E-state index contributed by atoms with van der Waals surface area (Å²) in [7, 11) is 8.02. The monoisotopic (exact) mass is 532 g/mol. The van der Waals surface area contributed by atoms with Crippen molar-refractivity contribution in [2.45, 2.75) is 24.7 Å². The normalized spacial score (nSPS) is 11.7. The topological polar surface area (TPSA) is 97.1 Å². The van der Waals surface area contributed by atoms with Gasteiger partial charge in [-0.2, -0.15) is 0 Å². The average molecular weight is 533 g/mol. The van der Waals surface area contributed by atoms with Crippen molar-refractivity contribution in [1.82, 2.24) is 48.2 Å². The molecule has 0 aromatic carbocycles. The number of imidazole rings is 4. The van der Waals surface area contributed by atoms with Crippen molar-refractivity contribution < 1.29 is 0 Å². The summed E-state index contributed by atoms with van der Waals surface area (Å²) in [6, 6.07) is 12.4. The summed E-state index contributed by atoms with van der Waals surface area (Å²) in [4.78, 5) is 28.7. The van der Waals surface area contributed by atoms with Gasteiger partial charge in [0.2, 0.25) is 0 Å². The lowest BCUT2D eigenvalue weighted by atomic mass is 10.0. The van der Waals surface area contributed by atoms with Gasteiger partial charge < -0.3 is 18.3 Å². The van der Waals surface area contributed by atoms with E-state index in [-0.39, 0.29) is 11.8 Å². The first-order valence-corrected chi connectivity index (χ1v) is 13.3. The van der Waals surface area contributed by atoms with Crippen LogP contribution in [0.2, 0.25) is 0 Å². The van der Waals surface area contributed by atoms with Crippen molar-refractivity contribution in [3.63, 3.8) is 0 Å². The van der Waals surface area contributed by atoms with Gasteiger partial charge in [-0.05, 0) is 37.1 Å². The lowest BCUT2D eigenvalue weighted by Gasteiger charge is -2.18. The minimum Gasteiger partial charge on any atom is -0.337 e. The van der Waals surface area contributed by atoms with Crippen molar-refractivity contribution in [1.29, 1.82) is 0 Å². The van der Waals surface area contributed by atoms with E-state index in [0.717, 1.165) is 58.9 Å². The minimum absolute atomic E-state index is 0.169. The SMILES string of the molecule is Cn1ccnc1C(c1cccc(CCc2cccc(C(c3nccn3C)c3nccn3C)n2)n1)c1nccn1C. The molecule has 40 heavy (non-hydrogen) atoms. The van der Waals surface area contributed by atoms with E-state index in [2.05, 4.69) is 56.3 Å². The minimum atomic E-state index is -0.169. The van der Waals surface area contributed by atoms with Gasteiger partial charge in [0.15, 0.2) is 0 Å². The third-order valence-electron chi connectivity index (χ3n) is 7.35. The summed E-state index contributed by atoms with van der Waals surface area (Å²) in [5.74, 6) is 3.28. The molecule has 6 aromatic heterocycles. The summed E-state index contributed by atoms with van der Waals surface area (Å²) in [6.07, 6.45) is 16.6. The number of nitrogens with zero attached hydrogens (tertiary/aromatic N) is 10. The van der Waals surface area contributed by atoms with Gasteiger partial charge in [0.05, 0.1) is 11.4 Å². The highest BCUT2D eigenvalue weighted by Gasteiger charge is 2.27. The molecule has 0 aliphatic carbocycles. The van der Waals surface area contributed by atoms with Crippen LogP contribution in [0.4, 0.5) is 0 Å². The highest BCUT2D eigenvalue weighted by Crippen LogP contribution is 2.30. The number of aryl methyl sites for hydroxylation is 6. The van der Waals surface area contributed by atoms with Crippen LogP contribution in [0.3, 0.4) is 0 Å². The lowest BCUT2D eigenvalue weighted by molar-refractivity contribution is 0.672. The predicted octanol–water partition coefficient (Wildman–Crippen LogP) is 3.56. The number of hydrogen-bond acceptors (Lipinski definition) is 6. The van der Waals surface area contributed by atoms with E-state index >= 15 is 0 Å². The molecule has 0 aliphatic rings. The molecule has 0 unspecified atom stereocenters. The van der Waals surface area contributed by atoms with Gasteiger partial charge in [-0.25, -0.2) is 19.9 Å². The van der Waals surface area contributed by atoms with E-state index in [1.165, 1.54) is 0 Å². The second-order valence-corrected chi connectivity index (χ2v) is 10.1. The molecule has 6 heterocycles.